The van der Waals surface area contributed by atoms with Gasteiger partial charge in [-0.3, -0.25) is 4.84 Å². The summed E-state index contributed by atoms with van der Waals surface area (Å²) in [6, 6.07) is 9.24. The SMILES string of the molecule is Cc1noc(C)c1S(=O)(=O)NOCc1ccccc1. The highest BCUT2D eigenvalue weighted by molar-refractivity contribution is 7.89. The summed E-state index contributed by atoms with van der Waals surface area (Å²) in [5, 5.41) is 3.60. The van der Waals surface area contributed by atoms with E-state index < -0.39 is 10.0 Å². The van der Waals surface area contributed by atoms with E-state index in [4.69, 9.17) is 9.36 Å². The number of hydrogen-bond donors (Lipinski definition) is 1. The zero-order valence-corrected chi connectivity index (χ0v) is 11.4. The Morgan fingerprint density at radius 3 is 2.53 bits per heavy atom. The van der Waals surface area contributed by atoms with Gasteiger partial charge in [-0.1, -0.05) is 40.4 Å². The average Bonchev–Trinajstić information content (AvgIpc) is 2.70. The highest BCUT2D eigenvalue weighted by Crippen LogP contribution is 2.18. The second-order valence-electron chi connectivity index (χ2n) is 4.01. The predicted molar refractivity (Wildman–Crippen MR) is 67.5 cm³/mol. The van der Waals surface area contributed by atoms with Gasteiger partial charge >= 0.3 is 0 Å². The lowest BCUT2D eigenvalue weighted by molar-refractivity contribution is 0.0794. The van der Waals surface area contributed by atoms with Crippen molar-refractivity contribution in [1.82, 2.24) is 10.0 Å². The predicted octanol–water partition coefficient (Wildman–Crippen LogP) is 1.70. The summed E-state index contributed by atoms with van der Waals surface area (Å²) in [6.07, 6.45) is 0. The van der Waals surface area contributed by atoms with E-state index in [1.165, 1.54) is 6.92 Å². The number of aryl methyl sites for hydroxylation is 2. The highest BCUT2D eigenvalue weighted by atomic mass is 32.2. The molecule has 1 aromatic heterocycles. The summed E-state index contributed by atoms with van der Waals surface area (Å²) < 4.78 is 28.8. The van der Waals surface area contributed by atoms with Gasteiger partial charge in [0, 0.05) is 0 Å². The van der Waals surface area contributed by atoms with Crippen molar-refractivity contribution in [2.75, 3.05) is 0 Å². The quantitative estimate of drug-likeness (QED) is 0.844. The second-order valence-corrected chi connectivity index (χ2v) is 5.60. The summed E-state index contributed by atoms with van der Waals surface area (Å²) in [4.78, 5) is 7.09. The Balaban J connectivity index is 2.03. The van der Waals surface area contributed by atoms with Crippen LogP contribution in [-0.2, 0) is 21.5 Å². The minimum Gasteiger partial charge on any atom is -0.360 e. The van der Waals surface area contributed by atoms with E-state index in [-0.39, 0.29) is 17.3 Å². The van der Waals surface area contributed by atoms with E-state index in [0.717, 1.165) is 5.56 Å². The maximum Gasteiger partial charge on any atom is 0.267 e. The van der Waals surface area contributed by atoms with Gasteiger partial charge in [0.05, 0.1) is 6.61 Å². The third kappa shape index (κ3) is 3.19. The lowest BCUT2D eigenvalue weighted by Gasteiger charge is -2.06. The molecule has 6 nitrogen and oxygen atoms in total. The summed E-state index contributed by atoms with van der Waals surface area (Å²) in [7, 11) is -3.78. The fourth-order valence-electron chi connectivity index (χ4n) is 1.66. The summed E-state index contributed by atoms with van der Waals surface area (Å²) in [6.45, 7) is 3.23. The van der Waals surface area contributed by atoms with Gasteiger partial charge in [-0.15, -0.1) is 0 Å². The molecule has 0 spiro atoms. The number of hydrogen-bond acceptors (Lipinski definition) is 5. The molecule has 0 aliphatic carbocycles. The molecule has 102 valence electrons. The van der Waals surface area contributed by atoms with Crippen molar-refractivity contribution in [2.24, 2.45) is 0 Å². The van der Waals surface area contributed by atoms with Crippen molar-refractivity contribution in [3.8, 4) is 0 Å². The van der Waals surface area contributed by atoms with Crippen LogP contribution in [0.4, 0.5) is 0 Å². The van der Waals surface area contributed by atoms with Crippen LogP contribution in [0.5, 0.6) is 0 Å². The molecule has 0 fully saturated rings. The normalized spacial score (nSPS) is 11.7. The molecule has 0 saturated carbocycles. The van der Waals surface area contributed by atoms with Crippen LogP contribution in [-0.4, -0.2) is 13.6 Å². The highest BCUT2D eigenvalue weighted by Gasteiger charge is 2.24. The minimum absolute atomic E-state index is 0.0144. The monoisotopic (exact) mass is 282 g/mol. The lowest BCUT2D eigenvalue weighted by Crippen LogP contribution is -2.24. The first-order valence-electron chi connectivity index (χ1n) is 5.61. The lowest BCUT2D eigenvalue weighted by atomic mass is 10.2. The Labute approximate surface area is 111 Å². The summed E-state index contributed by atoms with van der Waals surface area (Å²) in [5.41, 5.74) is 1.16. The molecular formula is C12H14N2O4S. The van der Waals surface area contributed by atoms with E-state index in [0.29, 0.717) is 5.69 Å². The van der Waals surface area contributed by atoms with Crippen LogP contribution in [0.3, 0.4) is 0 Å². The second kappa shape index (κ2) is 5.52. The van der Waals surface area contributed by atoms with Crippen molar-refractivity contribution in [3.63, 3.8) is 0 Å². The number of nitrogens with zero attached hydrogens (tertiary/aromatic N) is 1. The molecule has 7 heteroatoms. The molecule has 19 heavy (non-hydrogen) atoms. The average molecular weight is 282 g/mol. The zero-order chi connectivity index (χ0) is 13.9. The molecule has 0 unspecified atom stereocenters. The molecule has 1 aromatic carbocycles. The number of sulfonamides is 1. The van der Waals surface area contributed by atoms with Gasteiger partial charge in [0.15, 0.2) is 5.76 Å². The van der Waals surface area contributed by atoms with Crippen LogP contribution in [0, 0.1) is 13.8 Å². The van der Waals surface area contributed by atoms with Gasteiger partial charge in [-0.25, -0.2) is 8.42 Å². The smallest absolute Gasteiger partial charge is 0.267 e. The molecule has 0 aliphatic heterocycles. The van der Waals surface area contributed by atoms with Gasteiger partial charge in [0.2, 0.25) is 0 Å². The number of rotatable bonds is 5. The third-order valence-electron chi connectivity index (χ3n) is 2.49. The Hall–Kier alpha value is -1.70. The van der Waals surface area contributed by atoms with Crippen molar-refractivity contribution in [2.45, 2.75) is 25.3 Å². The minimum atomic E-state index is -3.78. The molecule has 0 atom stereocenters. The molecular weight excluding hydrogens is 268 g/mol. The van der Waals surface area contributed by atoms with E-state index in [9.17, 15) is 8.42 Å². The van der Waals surface area contributed by atoms with Gasteiger partial charge in [0.1, 0.15) is 10.6 Å². The van der Waals surface area contributed by atoms with E-state index in [1.807, 2.05) is 30.3 Å². The van der Waals surface area contributed by atoms with E-state index in [2.05, 4.69) is 10.0 Å². The molecule has 0 saturated heterocycles. The maximum atomic E-state index is 12.0. The summed E-state index contributed by atoms with van der Waals surface area (Å²) >= 11 is 0. The van der Waals surface area contributed by atoms with Gasteiger partial charge in [0.25, 0.3) is 10.0 Å². The Kier molecular flexibility index (Phi) is 3.98. The van der Waals surface area contributed by atoms with Crippen LogP contribution in [0.25, 0.3) is 0 Å². The molecule has 1 heterocycles. The van der Waals surface area contributed by atoms with Crippen LogP contribution < -0.4 is 4.89 Å². The van der Waals surface area contributed by atoms with Crippen LogP contribution >= 0.6 is 0 Å². The van der Waals surface area contributed by atoms with Crippen molar-refractivity contribution >= 4 is 10.0 Å². The number of nitrogens with one attached hydrogen (secondary N) is 1. The molecule has 0 amide bonds. The first kappa shape index (κ1) is 13.7. The van der Waals surface area contributed by atoms with Gasteiger partial charge < -0.3 is 4.52 Å². The molecule has 0 radical (unpaired) electrons. The van der Waals surface area contributed by atoms with Crippen LogP contribution in [0.2, 0.25) is 0 Å². The molecule has 2 rings (SSSR count). The molecule has 1 N–H and O–H groups in total. The van der Waals surface area contributed by atoms with Crippen LogP contribution in [0.15, 0.2) is 39.8 Å². The molecule has 0 bridgehead atoms. The third-order valence-corrected chi connectivity index (χ3v) is 3.94. The molecule has 2 aromatic rings. The largest absolute Gasteiger partial charge is 0.360 e. The van der Waals surface area contributed by atoms with Crippen LogP contribution in [0.1, 0.15) is 17.0 Å². The van der Waals surface area contributed by atoms with E-state index >= 15 is 0 Å². The fourth-order valence-corrected chi connectivity index (χ4v) is 2.80. The Bertz CT molecular complexity index is 630. The molecule has 0 aliphatic rings. The zero-order valence-electron chi connectivity index (χ0n) is 10.6. The summed E-state index contributed by atoms with van der Waals surface area (Å²) in [5.74, 6) is 0.230. The maximum absolute atomic E-state index is 12.0. The van der Waals surface area contributed by atoms with Crippen molar-refractivity contribution < 1.29 is 17.8 Å². The first-order chi connectivity index (χ1) is 9.00. The topological polar surface area (TPSA) is 81.4 Å². The first-order valence-corrected chi connectivity index (χ1v) is 7.09. The number of benzene rings is 1. The van der Waals surface area contributed by atoms with Gasteiger partial charge in [-0.2, -0.15) is 0 Å². The number of aromatic nitrogens is 1. The fraction of sp³-hybridized carbons (Fsp3) is 0.250. The van der Waals surface area contributed by atoms with Crippen molar-refractivity contribution in [1.29, 1.82) is 0 Å². The van der Waals surface area contributed by atoms with Crippen molar-refractivity contribution in [3.05, 3.63) is 47.3 Å². The standard InChI is InChI=1S/C12H14N2O4S/c1-9-12(10(2)18-13-9)19(15,16)14-17-8-11-6-4-3-5-7-11/h3-7,14H,8H2,1-2H3. The van der Waals surface area contributed by atoms with Gasteiger partial charge in [-0.05, 0) is 19.4 Å². The van der Waals surface area contributed by atoms with E-state index in [1.54, 1.807) is 6.92 Å². The Morgan fingerprint density at radius 1 is 1.26 bits per heavy atom. The Morgan fingerprint density at radius 2 is 1.95 bits per heavy atom.